The monoisotopic (exact) mass is 776 g/mol. The molecule has 0 fully saturated rings. The smallest absolute Gasteiger partial charge is 0.476 e. The highest BCUT2D eigenvalue weighted by Crippen LogP contribution is 2.40. The molecule has 0 saturated carbocycles. The Balaban J connectivity index is 0.000000264. The van der Waals surface area contributed by atoms with Crippen molar-refractivity contribution in [2.24, 2.45) is 0 Å². The van der Waals surface area contributed by atoms with Crippen LogP contribution in [0.25, 0.3) is 11.4 Å². The first-order valence-electron chi connectivity index (χ1n) is 12.5. The van der Waals surface area contributed by atoms with E-state index >= 15 is 0 Å². The lowest BCUT2D eigenvalue weighted by molar-refractivity contribution is -0.137. The average molecular weight is 778 g/mol. The Morgan fingerprint density at radius 3 is 2.02 bits per heavy atom. The summed E-state index contributed by atoms with van der Waals surface area (Å²) in [6.07, 6.45) is 0.365. The van der Waals surface area contributed by atoms with Gasteiger partial charge in [-0.25, -0.2) is 13.7 Å². The summed E-state index contributed by atoms with van der Waals surface area (Å²) in [7, 11) is -3.71. The van der Waals surface area contributed by atoms with E-state index in [1.165, 1.54) is 18.2 Å². The molecule has 0 radical (unpaired) electrons. The number of nitriles is 1. The number of alkyl halides is 6. The third-order valence-electron chi connectivity index (χ3n) is 5.66. The van der Waals surface area contributed by atoms with Crippen LogP contribution in [0.3, 0.4) is 0 Å². The molecule has 0 aliphatic rings. The molecule has 2 aromatic carbocycles. The number of ether oxygens (including phenoxy) is 1. The van der Waals surface area contributed by atoms with E-state index in [9.17, 15) is 35.3 Å². The maximum absolute atomic E-state index is 12.7. The second-order valence-electron chi connectivity index (χ2n) is 10.1. The fourth-order valence-electron chi connectivity index (χ4n) is 3.53. The predicted molar refractivity (Wildman–Crippen MR) is 165 cm³/mol. The minimum Gasteiger partial charge on any atom is -0.479 e. The number of hydrogen-bond acceptors (Lipinski definition) is 8. The number of anilines is 1. The molecule has 0 bridgehead atoms. The van der Waals surface area contributed by atoms with Gasteiger partial charge in [-0.2, -0.15) is 41.4 Å². The van der Waals surface area contributed by atoms with Crippen molar-refractivity contribution in [2.75, 3.05) is 12.3 Å². The zero-order valence-corrected chi connectivity index (χ0v) is 28.1. The normalized spacial score (nSPS) is 12.5. The summed E-state index contributed by atoms with van der Waals surface area (Å²) < 4.78 is 99.9. The lowest BCUT2D eigenvalue weighted by atomic mass is 9.97. The van der Waals surface area contributed by atoms with E-state index in [2.05, 4.69) is 16.1 Å². The molecule has 0 aliphatic carbocycles. The van der Waals surface area contributed by atoms with Crippen LogP contribution in [0.15, 0.2) is 38.4 Å². The molecule has 1 unspecified atom stereocenters. The maximum Gasteiger partial charge on any atom is 0.476 e. The molecule has 48 heavy (non-hydrogen) atoms. The average Bonchev–Trinajstić information content (AvgIpc) is 3.50. The first-order valence-corrected chi connectivity index (χ1v) is 15.2. The fraction of sp³-hybridized carbons (Fsp3) is 0.259. The highest BCUT2D eigenvalue weighted by molar-refractivity contribution is 7.86. The van der Waals surface area contributed by atoms with Crippen molar-refractivity contribution < 1.29 is 39.7 Å². The summed E-state index contributed by atoms with van der Waals surface area (Å²) in [5.74, 6) is 1.40. The van der Waals surface area contributed by atoms with Gasteiger partial charge in [0.1, 0.15) is 34.8 Å². The van der Waals surface area contributed by atoms with Gasteiger partial charge in [0.15, 0.2) is 16.5 Å². The maximum atomic E-state index is 12.7. The molecule has 0 amide bonds. The van der Waals surface area contributed by atoms with Crippen molar-refractivity contribution in [3.63, 3.8) is 0 Å². The molecule has 0 aliphatic heterocycles. The summed E-state index contributed by atoms with van der Waals surface area (Å²) in [6, 6.07) is 5.15. The van der Waals surface area contributed by atoms with Crippen molar-refractivity contribution in [2.45, 2.75) is 42.8 Å². The molecule has 2 N–H and O–H groups in total. The summed E-state index contributed by atoms with van der Waals surface area (Å²) >= 11 is 23.7. The summed E-state index contributed by atoms with van der Waals surface area (Å²) in [5.41, 5.74) is -2.52. The number of hydrogen-bond donors (Lipinski definition) is 1. The van der Waals surface area contributed by atoms with Crippen LogP contribution in [0.2, 0.25) is 20.1 Å². The molecule has 4 rings (SSSR count). The number of nitrogens with zero attached hydrogens (tertiary/aromatic N) is 5. The van der Waals surface area contributed by atoms with E-state index < -0.39 is 71.4 Å². The van der Waals surface area contributed by atoms with Crippen molar-refractivity contribution in [1.82, 2.24) is 19.6 Å². The van der Waals surface area contributed by atoms with E-state index in [1.807, 2.05) is 20.8 Å². The molecule has 21 heteroatoms. The number of nitrogens with two attached hydrogens (primary N) is 1. The van der Waals surface area contributed by atoms with Gasteiger partial charge in [-0.15, -0.1) is 11.5 Å². The number of terminal acetylenes is 1. The Morgan fingerprint density at radius 2 is 1.56 bits per heavy atom. The molecule has 0 saturated heterocycles. The Kier molecular flexibility index (Phi) is 11.5. The van der Waals surface area contributed by atoms with Gasteiger partial charge in [0.05, 0.1) is 31.3 Å². The van der Waals surface area contributed by atoms with E-state index in [-0.39, 0.29) is 16.7 Å². The second-order valence-corrected chi connectivity index (χ2v) is 13.2. The number of benzene rings is 2. The van der Waals surface area contributed by atoms with Gasteiger partial charge >= 0.3 is 17.4 Å². The first-order chi connectivity index (χ1) is 22.0. The van der Waals surface area contributed by atoms with Crippen molar-refractivity contribution >= 4 is 63.0 Å². The van der Waals surface area contributed by atoms with Crippen LogP contribution in [-0.4, -0.2) is 35.9 Å². The lowest BCUT2D eigenvalue weighted by Gasteiger charge is -2.13. The van der Waals surface area contributed by atoms with Crippen molar-refractivity contribution in [3.05, 3.63) is 72.1 Å². The molecule has 0 spiro atoms. The van der Waals surface area contributed by atoms with Crippen LogP contribution in [-0.2, 0) is 22.4 Å². The third kappa shape index (κ3) is 8.40. The minimum atomic E-state index is -5.25. The molecular weight excluding hydrogens is 760 g/mol. The van der Waals surface area contributed by atoms with Crippen LogP contribution >= 0.6 is 46.4 Å². The van der Waals surface area contributed by atoms with Crippen LogP contribution in [0, 0.1) is 23.7 Å². The van der Waals surface area contributed by atoms with Gasteiger partial charge in [-0.1, -0.05) is 73.1 Å². The summed E-state index contributed by atoms with van der Waals surface area (Å²) in [4.78, 5) is 10.9. The lowest BCUT2D eigenvalue weighted by Crippen LogP contribution is -2.18. The number of rotatable bonds is 5. The SMILES string of the molecule is C#CCOc1cc(-n2nc(C(C)(C)C)oc2=O)c(Cl)cc1Cl.N#Cc1nn(-c2c(Cl)cc(C(F)(F)F)cc2Cl)c(N)c1S(=O)C(F)(F)F. The largest absolute Gasteiger partial charge is 0.479 e. The first kappa shape index (κ1) is 38.6. The van der Waals surface area contributed by atoms with Gasteiger partial charge in [-0.05, 0) is 18.2 Å². The van der Waals surface area contributed by atoms with Gasteiger partial charge < -0.3 is 14.9 Å². The van der Waals surface area contributed by atoms with Gasteiger partial charge in [0.2, 0.25) is 5.89 Å². The quantitative estimate of drug-likeness (QED) is 0.160. The van der Waals surface area contributed by atoms with Crippen molar-refractivity contribution in [3.8, 4) is 35.5 Å². The Labute approximate surface area is 289 Å². The third-order valence-corrected chi connectivity index (χ3v) is 8.03. The number of nitrogen functional groups attached to an aromatic ring is 1. The molecular formula is C27H18Cl4F6N6O4S. The molecule has 256 valence electrons. The van der Waals surface area contributed by atoms with Crippen LogP contribution in [0.5, 0.6) is 5.75 Å². The van der Waals surface area contributed by atoms with Crippen LogP contribution in [0.4, 0.5) is 32.2 Å². The summed E-state index contributed by atoms with van der Waals surface area (Å²) in [6.45, 7) is 5.69. The molecule has 10 nitrogen and oxygen atoms in total. The Hall–Kier alpha value is -3.87. The molecule has 1 atom stereocenters. The topological polar surface area (TPSA) is 142 Å². The van der Waals surface area contributed by atoms with Crippen molar-refractivity contribution in [1.29, 1.82) is 5.26 Å². The zero-order chi connectivity index (χ0) is 36.5. The standard InChI is InChI=1S/C15H14Cl2N2O3.C12H4Cl2F6N4OS/c1-5-6-21-12-8-11(9(16)7-10(12)17)19-14(20)22-13(18-19)15(2,3)4;13-5-1-4(11(15,16)17)2-6(14)8(5)24-10(22)9(7(3-21)23-24)26(25)12(18,19)20/h1,7-8H,6H2,2-4H3;1-2H,22H2. The second kappa shape index (κ2) is 14.3. The van der Waals surface area contributed by atoms with E-state index in [0.29, 0.717) is 34.1 Å². The van der Waals surface area contributed by atoms with Crippen LogP contribution < -0.4 is 16.2 Å². The van der Waals surface area contributed by atoms with Gasteiger partial charge in [0, 0.05) is 11.5 Å². The van der Waals surface area contributed by atoms with Gasteiger partial charge in [-0.3, -0.25) is 0 Å². The number of halogens is 10. The van der Waals surface area contributed by atoms with Crippen LogP contribution in [0.1, 0.15) is 37.9 Å². The highest BCUT2D eigenvalue weighted by Gasteiger charge is 2.43. The summed E-state index contributed by atoms with van der Waals surface area (Å²) in [5, 5.41) is 15.8. The zero-order valence-electron chi connectivity index (χ0n) is 24.2. The number of aromatic nitrogens is 4. The van der Waals surface area contributed by atoms with E-state index in [4.69, 9.17) is 73.0 Å². The predicted octanol–water partition coefficient (Wildman–Crippen LogP) is 7.72. The van der Waals surface area contributed by atoms with Gasteiger partial charge in [0.25, 0.3) is 0 Å². The Bertz CT molecular complexity index is 2020. The fourth-order valence-corrected chi connectivity index (χ4v) is 5.47. The van der Waals surface area contributed by atoms with E-state index in [1.54, 1.807) is 0 Å². The Morgan fingerprint density at radius 1 is 0.979 bits per heavy atom. The molecule has 2 aromatic heterocycles. The minimum absolute atomic E-state index is 0.0434. The van der Waals surface area contributed by atoms with E-state index in [0.717, 1.165) is 4.68 Å². The molecule has 4 aromatic rings. The molecule has 2 heterocycles. The highest BCUT2D eigenvalue weighted by atomic mass is 35.5.